The molecule has 0 saturated heterocycles. The number of halogens is 2. The summed E-state index contributed by atoms with van der Waals surface area (Å²) in [6.07, 6.45) is 0. The van der Waals surface area contributed by atoms with Gasteiger partial charge in [0.05, 0.1) is 18.8 Å². The molecule has 1 aromatic rings. The molecule has 0 aliphatic rings. The zero-order chi connectivity index (χ0) is 12.8. The number of aliphatic hydroxyl groups is 2. The topological polar surface area (TPSA) is 60.8 Å². The first kappa shape index (κ1) is 14.4. The second-order valence-corrected chi connectivity index (χ2v) is 4.65. The summed E-state index contributed by atoms with van der Waals surface area (Å²) in [7, 11) is 0. The highest BCUT2D eigenvalue weighted by atomic mass is 79.9. The molecule has 0 atom stereocenters. The maximum Gasteiger partial charge on any atom is 0.255 e. The summed E-state index contributed by atoms with van der Waals surface area (Å²) < 4.78 is 0.593. The Kier molecular flexibility index (Phi) is 5.91. The van der Waals surface area contributed by atoms with E-state index in [4.69, 9.17) is 21.8 Å². The first-order valence-corrected chi connectivity index (χ1v) is 6.23. The minimum absolute atomic E-state index is 0.142. The van der Waals surface area contributed by atoms with Crippen LogP contribution in [0.15, 0.2) is 22.7 Å². The van der Waals surface area contributed by atoms with Crippen LogP contribution in [0.1, 0.15) is 10.4 Å². The molecule has 17 heavy (non-hydrogen) atoms. The molecule has 94 valence electrons. The van der Waals surface area contributed by atoms with Crippen molar-refractivity contribution >= 4 is 33.4 Å². The summed E-state index contributed by atoms with van der Waals surface area (Å²) in [5.41, 5.74) is 0.455. The lowest BCUT2D eigenvalue weighted by molar-refractivity contribution is 0.0684. The maximum absolute atomic E-state index is 12.1. The molecule has 0 aliphatic carbocycles. The van der Waals surface area contributed by atoms with Crippen LogP contribution >= 0.6 is 27.5 Å². The number of hydrogen-bond acceptors (Lipinski definition) is 3. The maximum atomic E-state index is 12.1. The van der Waals surface area contributed by atoms with Crippen LogP contribution in [0.2, 0.25) is 5.02 Å². The Morgan fingerprint density at radius 2 is 1.88 bits per heavy atom. The predicted octanol–water partition coefficient (Wildman–Crippen LogP) is 1.53. The van der Waals surface area contributed by atoms with Crippen molar-refractivity contribution in [3.63, 3.8) is 0 Å². The van der Waals surface area contributed by atoms with E-state index in [-0.39, 0.29) is 32.2 Å². The largest absolute Gasteiger partial charge is 0.395 e. The highest BCUT2D eigenvalue weighted by molar-refractivity contribution is 9.10. The molecule has 0 aliphatic heterocycles. The molecule has 0 aromatic heterocycles. The molecule has 0 fully saturated rings. The summed E-state index contributed by atoms with van der Waals surface area (Å²) in [6, 6.07) is 4.86. The van der Waals surface area contributed by atoms with Crippen LogP contribution in [-0.4, -0.2) is 47.3 Å². The van der Waals surface area contributed by atoms with Gasteiger partial charge < -0.3 is 15.1 Å². The first-order chi connectivity index (χ1) is 8.10. The van der Waals surface area contributed by atoms with E-state index < -0.39 is 0 Å². The molecular weight excluding hydrogens is 309 g/mol. The lowest BCUT2D eigenvalue weighted by atomic mass is 10.2. The number of nitrogens with zero attached hydrogens (tertiary/aromatic N) is 1. The van der Waals surface area contributed by atoms with Gasteiger partial charge in [-0.15, -0.1) is 0 Å². The van der Waals surface area contributed by atoms with Crippen molar-refractivity contribution in [3.8, 4) is 0 Å². The van der Waals surface area contributed by atoms with Gasteiger partial charge in [0.15, 0.2) is 0 Å². The number of rotatable bonds is 5. The lowest BCUT2D eigenvalue weighted by Gasteiger charge is -2.21. The van der Waals surface area contributed by atoms with Gasteiger partial charge in [-0.25, -0.2) is 0 Å². The Morgan fingerprint density at radius 1 is 1.29 bits per heavy atom. The van der Waals surface area contributed by atoms with Crippen molar-refractivity contribution in [2.45, 2.75) is 0 Å². The number of carbonyl (C=O) groups is 1. The minimum Gasteiger partial charge on any atom is -0.395 e. The Morgan fingerprint density at radius 3 is 2.35 bits per heavy atom. The fourth-order valence-electron chi connectivity index (χ4n) is 1.39. The molecule has 0 bridgehead atoms. The molecule has 1 aromatic carbocycles. The fraction of sp³-hybridized carbons (Fsp3) is 0.364. The van der Waals surface area contributed by atoms with E-state index in [0.717, 1.165) is 0 Å². The molecule has 0 saturated carbocycles. The van der Waals surface area contributed by atoms with Gasteiger partial charge in [-0.05, 0) is 34.1 Å². The predicted molar refractivity (Wildman–Crippen MR) is 69.2 cm³/mol. The molecule has 6 heteroatoms. The Labute approximate surface area is 113 Å². The van der Waals surface area contributed by atoms with Gasteiger partial charge in [0.2, 0.25) is 0 Å². The number of benzene rings is 1. The van der Waals surface area contributed by atoms with E-state index in [2.05, 4.69) is 15.9 Å². The highest BCUT2D eigenvalue weighted by Gasteiger charge is 2.17. The Bertz CT molecular complexity index is 394. The molecular formula is C11H13BrClNO3. The molecule has 2 N–H and O–H groups in total. The van der Waals surface area contributed by atoms with Crippen LogP contribution in [0.5, 0.6) is 0 Å². The van der Waals surface area contributed by atoms with Crippen LogP contribution in [-0.2, 0) is 0 Å². The average Bonchev–Trinajstić information content (AvgIpc) is 2.28. The van der Waals surface area contributed by atoms with Crippen molar-refractivity contribution in [3.05, 3.63) is 33.3 Å². The molecule has 0 heterocycles. The average molecular weight is 323 g/mol. The molecule has 0 spiro atoms. The molecule has 1 rings (SSSR count). The summed E-state index contributed by atoms with van der Waals surface area (Å²) in [5, 5.41) is 18.3. The molecule has 0 radical (unpaired) electrons. The van der Waals surface area contributed by atoms with Gasteiger partial charge in [0.25, 0.3) is 5.91 Å². The van der Waals surface area contributed by atoms with Gasteiger partial charge in [-0.2, -0.15) is 0 Å². The summed E-state index contributed by atoms with van der Waals surface area (Å²) in [6.45, 7) is 0.0941. The quantitative estimate of drug-likeness (QED) is 0.864. The molecule has 0 unspecified atom stereocenters. The number of amides is 1. The normalized spacial score (nSPS) is 10.4. The smallest absolute Gasteiger partial charge is 0.255 e. The standard InChI is InChI=1S/C11H13BrClNO3/c12-10-7-8(13)1-2-9(10)11(17)14(3-5-15)4-6-16/h1-2,7,15-16H,3-6H2. The van der Waals surface area contributed by atoms with Crippen molar-refractivity contribution in [1.29, 1.82) is 0 Å². The van der Waals surface area contributed by atoms with Crippen molar-refractivity contribution in [2.75, 3.05) is 26.3 Å². The van der Waals surface area contributed by atoms with Gasteiger partial charge >= 0.3 is 0 Å². The monoisotopic (exact) mass is 321 g/mol. The van der Waals surface area contributed by atoms with E-state index in [1.807, 2.05) is 0 Å². The van der Waals surface area contributed by atoms with Gasteiger partial charge in [-0.3, -0.25) is 4.79 Å². The Hall–Kier alpha value is -0.620. The third-order valence-corrected chi connectivity index (χ3v) is 3.08. The minimum atomic E-state index is -0.253. The summed E-state index contributed by atoms with van der Waals surface area (Å²) >= 11 is 9.05. The second kappa shape index (κ2) is 6.96. The van der Waals surface area contributed by atoms with Crippen molar-refractivity contribution in [1.82, 2.24) is 4.90 Å². The van der Waals surface area contributed by atoms with Crippen molar-refractivity contribution in [2.24, 2.45) is 0 Å². The zero-order valence-electron chi connectivity index (χ0n) is 9.07. The van der Waals surface area contributed by atoms with E-state index in [1.54, 1.807) is 18.2 Å². The Balaban J connectivity index is 2.92. The number of aliphatic hydroxyl groups excluding tert-OH is 2. The van der Waals surface area contributed by atoms with E-state index in [9.17, 15) is 4.79 Å². The second-order valence-electron chi connectivity index (χ2n) is 3.36. The third kappa shape index (κ3) is 3.96. The zero-order valence-corrected chi connectivity index (χ0v) is 11.4. The summed E-state index contributed by atoms with van der Waals surface area (Å²) in [4.78, 5) is 13.5. The van der Waals surface area contributed by atoms with Crippen LogP contribution in [0.4, 0.5) is 0 Å². The van der Waals surface area contributed by atoms with E-state index >= 15 is 0 Å². The van der Waals surface area contributed by atoms with Gasteiger partial charge in [0.1, 0.15) is 0 Å². The molecule has 4 nitrogen and oxygen atoms in total. The van der Waals surface area contributed by atoms with E-state index in [0.29, 0.717) is 15.1 Å². The van der Waals surface area contributed by atoms with Crippen LogP contribution < -0.4 is 0 Å². The SMILES string of the molecule is O=C(c1ccc(Cl)cc1Br)N(CCO)CCO. The lowest BCUT2D eigenvalue weighted by Crippen LogP contribution is -2.36. The van der Waals surface area contributed by atoms with Crippen molar-refractivity contribution < 1.29 is 15.0 Å². The third-order valence-electron chi connectivity index (χ3n) is 2.19. The van der Waals surface area contributed by atoms with Gasteiger partial charge in [0, 0.05) is 22.6 Å². The van der Waals surface area contributed by atoms with E-state index in [1.165, 1.54) is 4.90 Å². The van der Waals surface area contributed by atoms with Crippen LogP contribution in [0, 0.1) is 0 Å². The molecule has 1 amide bonds. The van der Waals surface area contributed by atoms with Gasteiger partial charge in [-0.1, -0.05) is 11.6 Å². The number of hydrogen-bond donors (Lipinski definition) is 2. The van der Waals surface area contributed by atoms with Crippen LogP contribution in [0.3, 0.4) is 0 Å². The van der Waals surface area contributed by atoms with Crippen LogP contribution in [0.25, 0.3) is 0 Å². The fourth-order valence-corrected chi connectivity index (χ4v) is 2.24. The first-order valence-electron chi connectivity index (χ1n) is 5.06. The highest BCUT2D eigenvalue weighted by Crippen LogP contribution is 2.22. The number of carbonyl (C=O) groups excluding carboxylic acids is 1. The summed E-state index contributed by atoms with van der Waals surface area (Å²) in [5.74, 6) is -0.253.